The first-order chi connectivity index (χ1) is 12.4. The van der Waals surface area contributed by atoms with Crippen LogP contribution in [0.15, 0.2) is 39.9 Å². The van der Waals surface area contributed by atoms with Crippen molar-refractivity contribution in [2.45, 2.75) is 10.4 Å². The van der Waals surface area contributed by atoms with Crippen LogP contribution < -0.4 is 10.2 Å². The lowest BCUT2D eigenvalue weighted by molar-refractivity contribution is -0.137. The average molecular weight is 421 g/mol. The van der Waals surface area contributed by atoms with E-state index in [9.17, 15) is 26.4 Å². The lowest BCUT2D eigenvalue weighted by atomic mass is 10.1. The fourth-order valence-electron chi connectivity index (χ4n) is 2.24. The second kappa shape index (κ2) is 7.87. The monoisotopic (exact) mass is 421 g/mol. The number of sulfonamides is 1. The summed E-state index contributed by atoms with van der Waals surface area (Å²) >= 11 is 1.01. The fraction of sp³-hybridized carbons (Fsp3) is 0.312. The number of rotatable bonds is 6. The van der Waals surface area contributed by atoms with Gasteiger partial charge in [-0.3, -0.25) is 4.79 Å². The van der Waals surface area contributed by atoms with Crippen molar-refractivity contribution in [1.82, 2.24) is 4.31 Å². The Morgan fingerprint density at radius 1 is 1.19 bits per heavy atom. The van der Waals surface area contributed by atoms with Crippen LogP contribution in [0.2, 0.25) is 0 Å². The molecule has 0 radical (unpaired) electrons. The van der Waals surface area contributed by atoms with Crippen molar-refractivity contribution in [3.05, 3.63) is 41.3 Å². The number of carbonyl (C=O) groups is 1. The molecule has 0 aliphatic rings. The number of thiophene rings is 1. The largest absolute Gasteiger partial charge is 0.416 e. The van der Waals surface area contributed by atoms with Crippen LogP contribution in [0.3, 0.4) is 0 Å². The van der Waals surface area contributed by atoms with Crippen LogP contribution in [0.25, 0.3) is 0 Å². The van der Waals surface area contributed by atoms with E-state index < -0.39 is 34.2 Å². The lowest BCUT2D eigenvalue weighted by Gasteiger charge is -2.21. The van der Waals surface area contributed by atoms with Crippen molar-refractivity contribution < 1.29 is 26.4 Å². The zero-order valence-corrected chi connectivity index (χ0v) is 16.4. The van der Waals surface area contributed by atoms with Crippen molar-refractivity contribution in [3.63, 3.8) is 0 Å². The highest BCUT2D eigenvalue weighted by Gasteiger charge is 2.31. The SMILES string of the molecule is CN(C)c1ccc(C(F)(F)F)cc1NC(=O)CN(C)S(=O)(=O)c1cccs1. The van der Waals surface area contributed by atoms with Gasteiger partial charge < -0.3 is 10.2 Å². The second-order valence-electron chi connectivity index (χ2n) is 5.87. The summed E-state index contributed by atoms with van der Waals surface area (Å²) in [6.07, 6.45) is -4.57. The lowest BCUT2D eigenvalue weighted by Crippen LogP contribution is -2.34. The molecule has 148 valence electrons. The van der Waals surface area contributed by atoms with Gasteiger partial charge in [-0.2, -0.15) is 17.5 Å². The summed E-state index contributed by atoms with van der Waals surface area (Å²) in [5.41, 5.74) is -0.607. The molecule has 2 aromatic rings. The molecule has 0 aliphatic heterocycles. The van der Waals surface area contributed by atoms with Crippen LogP contribution in [0.4, 0.5) is 24.5 Å². The van der Waals surface area contributed by atoms with Gasteiger partial charge in [-0.15, -0.1) is 11.3 Å². The highest BCUT2D eigenvalue weighted by Crippen LogP contribution is 2.35. The molecule has 1 aromatic heterocycles. The van der Waals surface area contributed by atoms with Crippen molar-refractivity contribution in [1.29, 1.82) is 0 Å². The van der Waals surface area contributed by atoms with Gasteiger partial charge >= 0.3 is 6.18 Å². The van der Waals surface area contributed by atoms with Crippen molar-refractivity contribution in [3.8, 4) is 0 Å². The van der Waals surface area contributed by atoms with E-state index in [1.54, 1.807) is 30.4 Å². The first-order valence-electron chi connectivity index (χ1n) is 7.61. The van der Waals surface area contributed by atoms with E-state index in [1.807, 2.05) is 0 Å². The van der Waals surface area contributed by atoms with E-state index in [0.29, 0.717) is 5.69 Å². The van der Waals surface area contributed by atoms with Gasteiger partial charge in [0.2, 0.25) is 5.91 Å². The summed E-state index contributed by atoms with van der Waals surface area (Å²) < 4.78 is 64.4. The number of hydrogen-bond donors (Lipinski definition) is 1. The maximum atomic E-state index is 12.9. The maximum Gasteiger partial charge on any atom is 0.416 e. The number of halogens is 3. The third-order valence-corrected chi connectivity index (χ3v) is 6.78. The van der Waals surface area contributed by atoms with E-state index in [-0.39, 0.29) is 9.90 Å². The van der Waals surface area contributed by atoms with Crippen LogP contribution in [-0.4, -0.2) is 46.3 Å². The number of hydrogen-bond acceptors (Lipinski definition) is 5. The first kappa shape index (κ1) is 21.2. The molecule has 1 heterocycles. The second-order valence-corrected chi connectivity index (χ2v) is 9.08. The Labute approximate surface area is 159 Å². The van der Waals surface area contributed by atoms with Gasteiger partial charge in [-0.25, -0.2) is 8.42 Å². The number of likely N-dealkylation sites (N-methyl/N-ethyl adjacent to an activating group) is 1. The Balaban J connectivity index is 2.22. The fourth-order valence-corrected chi connectivity index (χ4v) is 4.57. The number of nitrogens with one attached hydrogen (secondary N) is 1. The van der Waals surface area contributed by atoms with E-state index in [0.717, 1.165) is 27.8 Å². The molecule has 0 fully saturated rings. The van der Waals surface area contributed by atoms with Gasteiger partial charge in [-0.05, 0) is 29.6 Å². The van der Waals surface area contributed by atoms with E-state index >= 15 is 0 Å². The summed E-state index contributed by atoms with van der Waals surface area (Å²) in [5.74, 6) is -0.750. The number of anilines is 2. The highest BCUT2D eigenvalue weighted by molar-refractivity contribution is 7.91. The summed E-state index contributed by atoms with van der Waals surface area (Å²) in [4.78, 5) is 13.8. The normalized spacial score (nSPS) is 12.3. The Hall–Kier alpha value is -2.11. The quantitative estimate of drug-likeness (QED) is 0.778. The predicted molar refractivity (Wildman–Crippen MR) is 98.5 cm³/mol. The van der Waals surface area contributed by atoms with Gasteiger partial charge in [0.1, 0.15) is 4.21 Å². The molecule has 0 unspecified atom stereocenters. The average Bonchev–Trinajstić information content (AvgIpc) is 3.08. The molecular weight excluding hydrogens is 403 g/mol. The van der Waals surface area contributed by atoms with Gasteiger partial charge in [-0.1, -0.05) is 6.07 Å². The minimum atomic E-state index is -4.57. The van der Waals surface area contributed by atoms with Gasteiger partial charge in [0.25, 0.3) is 10.0 Å². The number of amides is 1. The predicted octanol–water partition coefficient (Wildman–Crippen LogP) is 3.09. The highest BCUT2D eigenvalue weighted by atomic mass is 32.2. The van der Waals surface area contributed by atoms with Crippen molar-refractivity contribution in [2.24, 2.45) is 0 Å². The smallest absolute Gasteiger partial charge is 0.376 e. The molecule has 0 saturated carbocycles. The minimum absolute atomic E-state index is 0.0539. The number of benzene rings is 1. The zero-order valence-electron chi connectivity index (χ0n) is 14.7. The maximum absolute atomic E-state index is 12.9. The molecule has 0 saturated heterocycles. The van der Waals surface area contributed by atoms with E-state index in [2.05, 4.69) is 5.32 Å². The molecule has 1 aromatic carbocycles. The molecule has 11 heteroatoms. The van der Waals surface area contributed by atoms with Crippen LogP contribution in [0, 0.1) is 0 Å². The minimum Gasteiger partial charge on any atom is -0.376 e. The Kier molecular flexibility index (Phi) is 6.17. The standard InChI is InChI=1S/C16H18F3N3O3S2/c1-21(2)13-7-6-11(16(17,18)19)9-12(13)20-14(23)10-22(3)27(24,25)15-5-4-8-26-15/h4-9H,10H2,1-3H3,(H,20,23). The van der Waals surface area contributed by atoms with E-state index in [1.165, 1.54) is 19.2 Å². The van der Waals surface area contributed by atoms with Crippen molar-refractivity contribution in [2.75, 3.05) is 37.9 Å². The van der Waals surface area contributed by atoms with Gasteiger partial charge in [0.05, 0.1) is 23.5 Å². The third-order valence-electron chi connectivity index (χ3n) is 3.61. The zero-order chi connectivity index (χ0) is 20.4. The third kappa shape index (κ3) is 4.99. The molecule has 2 rings (SSSR count). The molecule has 0 bridgehead atoms. The first-order valence-corrected chi connectivity index (χ1v) is 9.93. The van der Waals surface area contributed by atoms with Crippen LogP contribution in [-0.2, 0) is 21.0 Å². The molecule has 27 heavy (non-hydrogen) atoms. The molecule has 6 nitrogen and oxygen atoms in total. The molecule has 0 aliphatic carbocycles. The summed E-state index contributed by atoms with van der Waals surface area (Å²) in [6.45, 7) is -0.538. The molecule has 0 atom stereocenters. The summed E-state index contributed by atoms with van der Waals surface area (Å²) in [5, 5.41) is 3.96. The van der Waals surface area contributed by atoms with Crippen LogP contribution in [0.1, 0.15) is 5.56 Å². The van der Waals surface area contributed by atoms with Crippen LogP contribution >= 0.6 is 11.3 Å². The topological polar surface area (TPSA) is 69.7 Å². The van der Waals surface area contributed by atoms with E-state index in [4.69, 9.17) is 0 Å². The Bertz CT molecular complexity index is 911. The Morgan fingerprint density at radius 2 is 1.85 bits per heavy atom. The number of nitrogens with zero attached hydrogens (tertiary/aromatic N) is 2. The Morgan fingerprint density at radius 3 is 2.37 bits per heavy atom. The summed E-state index contributed by atoms with van der Waals surface area (Å²) in [7, 11) is 0.623. The van der Waals surface area contributed by atoms with Crippen LogP contribution in [0.5, 0.6) is 0 Å². The molecule has 0 spiro atoms. The molecular formula is C16H18F3N3O3S2. The number of alkyl halides is 3. The summed E-state index contributed by atoms with van der Waals surface area (Å²) in [6, 6.07) is 5.95. The van der Waals surface area contributed by atoms with Gasteiger partial charge in [0.15, 0.2) is 0 Å². The van der Waals surface area contributed by atoms with Gasteiger partial charge in [0, 0.05) is 21.1 Å². The molecule has 1 N–H and O–H groups in total. The number of carbonyl (C=O) groups excluding carboxylic acids is 1. The molecule has 1 amide bonds. The van der Waals surface area contributed by atoms with Crippen molar-refractivity contribution >= 4 is 38.6 Å².